The number of rotatable bonds is 7. The van der Waals surface area contributed by atoms with Crippen LogP contribution in [0, 0.1) is 5.92 Å². The zero-order chi connectivity index (χ0) is 15.2. The number of hydrogen-bond acceptors (Lipinski definition) is 2. The molecule has 0 aromatic heterocycles. The Balaban J connectivity index is 2.64. The number of nitrogens with zero attached hydrogens (tertiary/aromatic N) is 1. The molecule has 2 nitrogen and oxygen atoms in total. The van der Waals surface area contributed by atoms with Crippen molar-refractivity contribution in [1.82, 2.24) is 5.32 Å². The van der Waals surface area contributed by atoms with Crippen molar-refractivity contribution in [3.8, 4) is 0 Å². The van der Waals surface area contributed by atoms with Gasteiger partial charge in [0.15, 0.2) is 0 Å². The molecule has 1 N–H and O–H groups in total. The van der Waals surface area contributed by atoms with Crippen LogP contribution in [0.25, 0.3) is 0 Å². The zero-order valence-electron chi connectivity index (χ0n) is 12.3. The van der Waals surface area contributed by atoms with Gasteiger partial charge in [-0.05, 0) is 24.1 Å². The number of nitrogens with one attached hydrogen (secondary N) is 1. The maximum atomic E-state index is 12.3. The van der Waals surface area contributed by atoms with Crippen LogP contribution in [0.5, 0.6) is 0 Å². The van der Waals surface area contributed by atoms with Gasteiger partial charge in [0.05, 0.1) is 6.42 Å². The number of para-hydroxylation sites is 1. The minimum Gasteiger partial charge on any atom is -0.374 e. The van der Waals surface area contributed by atoms with Gasteiger partial charge in [0, 0.05) is 25.8 Å². The maximum absolute atomic E-state index is 12.3. The summed E-state index contributed by atoms with van der Waals surface area (Å²) in [5.74, 6) is 0.546. The van der Waals surface area contributed by atoms with Crippen LogP contribution in [0.4, 0.5) is 18.9 Å². The van der Waals surface area contributed by atoms with Crippen molar-refractivity contribution < 1.29 is 13.2 Å². The number of hydrogen-bond donors (Lipinski definition) is 1. The molecule has 0 fully saturated rings. The monoisotopic (exact) mass is 288 g/mol. The van der Waals surface area contributed by atoms with Gasteiger partial charge in [0.25, 0.3) is 0 Å². The van der Waals surface area contributed by atoms with E-state index >= 15 is 0 Å². The molecule has 0 saturated heterocycles. The van der Waals surface area contributed by atoms with Crippen molar-refractivity contribution in [2.45, 2.75) is 33.0 Å². The first-order valence-corrected chi connectivity index (χ1v) is 6.86. The van der Waals surface area contributed by atoms with E-state index < -0.39 is 12.6 Å². The van der Waals surface area contributed by atoms with Crippen molar-refractivity contribution in [2.24, 2.45) is 5.92 Å². The molecule has 0 unspecified atom stereocenters. The van der Waals surface area contributed by atoms with Crippen LogP contribution >= 0.6 is 0 Å². The summed E-state index contributed by atoms with van der Waals surface area (Å²) < 4.78 is 36.9. The van der Waals surface area contributed by atoms with Crippen molar-refractivity contribution >= 4 is 5.69 Å². The molecule has 0 saturated carbocycles. The van der Waals surface area contributed by atoms with Gasteiger partial charge in [-0.1, -0.05) is 32.0 Å². The third kappa shape index (κ3) is 6.28. The Morgan fingerprint density at radius 2 is 1.85 bits per heavy atom. The van der Waals surface area contributed by atoms with E-state index in [0.29, 0.717) is 12.5 Å². The molecule has 0 heterocycles. The van der Waals surface area contributed by atoms with E-state index in [2.05, 4.69) is 19.2 Å². The molecule has 1 aromatic carbocycles. The Kier molecular flexibility index (Phi) is 6.33. The van der Waals surface area contributed by atoms with Crippen LogP contribution in [0.1, 0.15) is 25.8 Å². The van der Waals surface area contributed by atoms with E-state index in [1.807, 2.05) is 24.3 Å². The second-order valence-corrected chi connectivity index (χ2v) is 5.44. The molecule has 0 bridgehead atoms. The summed E-state index contributed by atoms with van der Waals surface area (Å²) in [6, 6.07) is 7.58. The lowest BCUT2D eigenvalue weighted by molar-refractivity contribution is -0.132. The highest BCUT2D eigenvalue weighted by Gasteiger charge is 2.27. The first-order valence-electron chi connectivity index (χ1n) is 6.86. The molecule has 20 heavy (non-hydrogen) atoms. The summed E-state index contributed by atoms with van der Waals surface area (Å²) >= 11 is 0. The Bertz CT molecular complexity index is 402. The van der Waals surface area contributed by atoms with Crippen LogP contribution in [0.15, 0.2) is 24.3 Å². The average molecular weight is 288 g/mol. The molecule has 0 aliphatic carbocycles. The molecule has 0 aliphatic rings. The number of anilines is 1. The fraction of sp³-hybridized carbons (Fsp3) is 0.600. The standard InChI is InChI=1S/C15H23F3N2/c1-12(2)10-19-11-13-6-4-5-7-14(13)20(3)9-8-15(16,17)18/h4-7,12,19H,8-11H2,1-3H3. The third-order valence-electron chi connectivity index (χ3n) is 3.00. The fourth-order valence-corrected chi connectivity index (χ4v) is 1.94. The normalized spacial score (nSPS) is 11.9. The minimum absolute atomic E-state index is 0.0231. The lowest BCUT2D eigenvalue weighted by atomic mass is 10.1. The van der Waals surface area contributed by atoms with E-state index in [1.54, 1.807) is 11.9 Å². The number of benzene rings is 1. The molecule has 0 spiro atoms. The van der Waals surface area contributed by atoms with Gasteiger partial charge >= 0.3 is 6.18 Å². The molecular weight excluding hydrogens is 265 g/mol. The molecule has 1 aromatic rings. The third-order valence-corrected chi connectivity index (χ3v) is 3.00. The highest BCUT2D eigenvalue weighted by Crippen LogP contribution is 2.23. The maximum Gasteiger partial charge on any atom is 0.390 e. The molecule has 0 amide bonds. The van der Waals surface area contributed by atoms with E-state index in [-0.39, 0.29) is 6.54 Å². The molecule has 1 rings (SSSR count). The van der Waals surface area contributed by atoms with Gasteiger partial charge in [0.1, 0.15) is 0 Å². The highest BCUT2D eigenvalue weighted by molar-refractivity contribution is 5.53. The van der Waals surface area contributed by atoms with E-state index in [4.69, 9.17) is 0 Å². The second kappa shape index (κ2) is 7.53. The molecule has 114 valence electrons. The quantitative estimate of drug-likeness (QED) is 0.820. The highest BCUT2D eigenvalue weighted by atomic mass is 19.4. The van der Waals surface area contributed by atoms with E-state index in [9.17, 15) is 13.2 Å². The van der Waals surface area contributed by atoms with E-state index in [0.717, 1.165) is 17.8 Å². The Hall–Kier alpha value is -1.23. The summed E-state index contributed by atoms with van der Waals surface area (Å²) in [4.78, 5) is 1.67. The average Bonchev–Trinajstić information content (AvgIpc) is 2.35. The Morgan fingerprint density at radius 1 is 1.20 bits per heavy atom. The summed E-state index contributed by atoms with van der Waals surface area (Å²) in [6.45, 7) is 5.78. The predicted molar refractivity (Wildman–Crippen MR) is 76.9 cm³/mol. The van der Waals surface area contributed by atoms with Crippen molar-refractivity contribution in [3.63, 3.8) is 0 Å². The van der Waals surface area contributed by atoms with Crippen LogP contribution < -0.4 is 10.2 Å². The van der Waals surface area contributed by atoms with Crippen LogP contribution in [-0.2, 0) is 6.54 Å². The lowest BCUT2D eigenvalue weighted by Gasteiger charge is -2.23. The van der Waals surface area contributed by atoms with Crippen LogP contribution in [-0.4, -0.2) is 26.3 Å². The number of halogens is 3. The van der Waals surface area contributed by atoms with Crippen molar-refractivity contribution in [2.75, 3.05) is 25.0 Å². The van der Waals surface area contributed by atoms with Gasteiger partial charge < -0.3 is 10.2 Å². The smallest absolute Gasteiger partial charge is 0.374 e. The van der Waals surface area contributed by atoms with Crippen LogP contribution in [0.3, 0.4) is 0 Å². The Labute approximate surface area is 119 Å². The van der Waals surface area contributed by atoms with Gasteiger partial charge in [0.2, 0.25) is 0 Å². The molecule has 0 atom stereocenters. The van der Waals surface area contributed by atoms with Crippen LogP contribution in [0.2, 0.25) is 0 Å². The number of alkyl halides is 3. The summed E-state index contributed by atoms with van der Waals surface area (Å²) in [5, 5.41) is 3.32. The van der Waals surface area contributed by atoms with Gasteiger partial charge in [-0.25, -0.2) is 0 Å². The second-order valence-electron chi connectivity index (χ2n) is 5.44. The summed E-state index contributed by atoms with van der Waals surface area (Å²) in [7, 11) is 1.70. The first kappa shape index (κ1) is 16.8. The first-order chi connectivity index (χ1) is 9.29. The van der Waals surface area contributed by atoms with Gasteiger partial charge in [-0.3, -0.25) is 0 Å². The minimum atomic E-state index is -4.11. The Morgan fingerprint density at radius 3 is 2.45 bits per heavy atom. The SMILES string of the molecule is CC(C)CNCc1ccccc1N(C)CCC(F)(F)F. The van der Waals surface area contributed by atoms with Crippen molar-refractivity contribution in [3.05, 3.63) is 29.8 Å². The topological polar surface area (TPSA) is 15.3 Å². The lowest BCUT2D eigenvalue weighted by Crippen LogP contribution is -2.26. The van der Waals surface area contributed by atoms with E-state index in [1.165, 1.54) is 0 Å². The van der Waals surface area contributed by atoms with Gasteiger partial charge in [-0.2, -0.15) is 13.2 Å². The fourth-order valence-electron chi connectivity index (χ4n) is 1.94. The van der Waals surface area contributed by atoms with Gasteiger partial charge in [-0.15, -0.1) is 0 Å². The molecule has 0 aliphatic heterocycles. The zero-order valence-corrected chi connectivity index (χ0v) is 12.3. The summed E-state index contributed by atoms with van der Waals surface area (Å²) in [6.07, 6.45) is -4.91. The largest absolute Gasteiger partial charge is 0.390 e. The molecule has 5 heteroatoms. The molecule has 0 radical (unpaired) electrons. The molecular formula is C15H23F3N2. The predicted octanol–water partition coefficient (Wildman–Crippen LogP) is 3.82. The summed E-state index contributed by atoms with van der Waals surface area (Å²) in [5.41, 5.74) is 1.88. The van der Waals surface area contributed by atoms with Crippen molar-refractivity contribution in [1.29, 1.82) is 0 Å².